The molecule has 1 aromatic rings. The average molecular weight is 270 g/mol. The summed E-state index contributed by atoms with van der Waals surface area (Å²) in [7, 11) is 0. The van der Waals surface area contributed by atoms with Gasteiger partial charge in [0.05, 0.1) is 6.61 Å². The number of piperidine rings is 1. The van der Waals surface area contributed by atoms with Gasteiger partial charge in [-0.1, -0.05) is 28.1 Å². The molecule has 0 radical (unpaired) electrons. The molecule has 1 saturated heterocycles. The summed E-state index contributed by atoms with van der Waals surface area (Å²) in [4.78, 5) is 0. The maximum atomic E-state index is 9.62. The fourth-order valence-corrected chi connectivity index (χ4v) is 2.51. The van der Waals surface area contributed by atoms with Crippen molar-refractivity contribution in [1.82, 2.24) is 5.32 Å². The van der Waals surface area contributed by atoms with Crippen LogP contribution in [0.15, 0.2) is 28.7 Å². The van der Waals surface area contributed by atoms with E-state index in [0.29, 0.717) is 0 Å². The molecule has 2 rings (SSSR count). The van der Waals surface area contributed by atoms with Crippen molar-refractivity contribution in [1.29, 1.82) is 0 Å². The van der Waals surface area contributed by atoms with Crippen LogP contribution in [0.25, 0.3) is 0 Å². The highest BCUT2D eigenvalue weighted by molar-refractivity contribution is 9.10. The molecule has 0 bridgehead atoms. The summed E-state index contributed by atoms with van der Waals surface area (Å²) in [5, 5.41) is 13.0. The van der Waals surface area contributed by atoms with Crippen molar-refractivity contribution in [2.75, 3.05) is 19.7 Å². The molecule has 1 fully saturated rings. The van der Waals surface area contributed by atoms with Crippen LogP contribution in [-0.4, -0.2) is 24.8 Å². The summed E-state index contributed by atoms with van der Waals surface area (Å²) in [5.41, 5.74) is 1.24. The van der Waals surface area contributed by atoms with Crippen molar-refractivity contribution in [2.45, 2.75) is 18.3 Å². The van der Waals surface area contributed by atoms with Crippen molar-refractivity contribution in [3.8, 4) is 0 Å². The topological polar surface area (TPSA) is 32.3 Å². The summed E-state index contributed by atoms with van der Waals surface area (Å²) >= 11 is 3.43. The molecule has 0 amide bonds. The van der Waals surface area contributed by atoms with Crippen LogP contribution in [0.4, 0.5) is 0 Å². The third-order valence-electron chi connectivity index (χ3n) is 3.32. The average Bonchev–Trinajstić information content (AvgIpc) is 2.31. The molecular formula is C12H16BrNO. The highest BCUT2D eigenvalue weighted by Crippen LogP contribution is 2.33. The van der Waals surface area contributed by atoms with E-state index in [4.69, 9.17) is 0 Å². The van der Waals surface area contributed by atoms with Crippen LogP contribution in [0.2, 0.25) is 0 Å². The third kappa shape index (κ3) is 2.25. The molecule has 0 aliphatic carbocycles. The molecule has 0 aromatic heterocycles. The standard InChI is InChI=1S/C12H16BrNO/c13-11-3-1-10(2-4-11)12(9-15)5-7-14-8-6-12/h1-4,14-15H,5-9H2. The first-order chi connectivity index (χ1) is 7.27. The smallest absolute Gasteiger partial charge is 0.0528 e. The lowest BCUT2D eigenvalue weighted by atomic mass is 9.74. The van der Waals surface area contributed by atoms with Crippen molar-refractivity contribution in [2.24, 2.45) is 0 Å². The molecule has 2 N–H and O–H groups in total. The number of aliphatic hydroxyl groups excluding tert-OH is 1. The molecule has 0 spiro atoms. The van der Waals surface area contributed by atoms with Gasteiger partial charge in [-0.05, 0) is 43.6 Å². The van der Waals surface area contributed by atoms with Gasteiger partial charge in [0.2, 0.25) is 0 Å². The maximum absolute atomic E-state index is 9.62. The molecule has 82 valence electrons. The Kier molecular flexibility index (Phi) is 3.44. The van der Waals surface area contributed by atoms with Gasteiger partial charge in [0, 0.05) is 9.89 Å². The van der Waals surface area contributed by atoms with E-state index in [1.54, 1.807) is 0 Å². The summed E-state index contributed by atoms with van der Waals surface area (Å²) in [6.45, 7) is 2.24. The van der Waals surface area contributed by atoms with Gasteiger partial charge >= 0.3 is 0 Å². The molecule has 0 atom stereocenters. The van der Waals surface area contributed by atoms with Crippen molar-refractivity contribution in [3.05, 3.63) is 34.3 Å². The minimum absolute atomic E-state index is 0.0219. The Bertz CT molecular complexity index is 317. The number of nitrogens with one attached hydrogen (secondary N) is 1. The first-order valence-corrected chi connectivity index (χ1v) is 6.14. The number of rotatable bonds is 2. The number of hydrogen-bond donors (Lipinski definition) is 2. The van der Waals surface area contributed by atoms with E-state index in [1.807, 2.05) is 0 Å². The van der Waals surface area contributed by atoms with Crippen LogP contribution in [0.5, 0.6) is 0 Å². The monoisotopic (exact) mass is 269 g/mol. The minimum Gasteiger partial charge on any atom is -0.395 e. The highest BCUT2D eigenvalue weighted by Gasteiger charge is 2.32. The summed E-state index contributed by atoms with van der Waals surface area (Å²) in [6.07, 6.45) is 2.04. The Labute approximate surface area is 98.8 Å². The molecule has 1 aromatic carbocycles. The van der Waals surface area contributed by atoms with Gasteiger partial charge in [-0.25, -0.2) is 0 Å². The van der Waals surface area contributed by atoms with E-state index >= 15 is 0 Å². The van der Waals surface area contributed by atoms with E-state index in [9.17, 15) is 5.11 Å². The normalized spacial score (nSPS) is 20.1. The van der Waals surface area contributed by atoms with Crippen LogP contribution in [-0.2, 0) is 5.41 Å². The minimum atomic E-state index is -0.0219. The number of benzene rings is 1. The summed E-state index contributed by atoms with van der Waals surface area (Å²) in [6, 6.07) is 8.33. The van der Waals surface area contributed by atoms with Gasteiger partial charge in [0.1, 0.15) is 0 Å². The zero-order valence-corrected chi connectivity index (χ0v) is 10.3. The SMILES string of the molecule is OCC1(c2ccc(Br)cc2)CCNCC1. The molecule has 15 heavy (non-hydrogen) atoms. The van der Waals surface area contributed by atoms with Crippen LogP contribution in [0.3, 0.4) is 0 Å². The van der Waals surface area contributed by atoms with Crippen LogP contribution < -0.4 is 5.32 Å². The Morgan fingerprint density at radius 3 is 2.33 bits per heavy atom. The number of aliphatic hydroxyl groups is 1. The van der Waals surface area contributed by atoms with Crippen molar-refractivity contribution >= 4 is 15.9 Å². The van der Waals surface area contributed by atoms with Gasteiger partial charge in [0.25, 0.3) is 0 Å². The lowest BCUT2D eigenvalue weighted by molar-refractivity contribution is 0.158. The molecule has 1 aliphatic heterocycles. The molecule has 1 aliphatic rings. The number of halogens is 1. The second kappa shape index (κ2) is 4.64. The first kappa shape index (κ1) is 11.1. The summed E-state index contributed by atoms with van der Waals surface area (Å²) in [5.74, 6) is 0. The van der Waals surface area contributed by atoms with Gasteiger partial charge in [-0.2, -0.15) is 0 Å². The fraction of sp³-hybridized carbons (Fsp3) is 0.500. The third-order valence-corrected chi connectivity index (χ3v) is 3.85. The molecule has 2 nitrogen and oxygen atoms in total. The Morgan fingerprint density at radius 1 is 1.20 bits per heavy atom. The number of hydrogen-bond acceptors (Lipinski definition) is 2. The van der Waals surface area contributed by atoms with Gasteiger partial charge < -0.3 is 10.4 Å². The molecule has 1 heterocycles. The first-order valence-electron chi connectivity index (χ1n) is 5.34. The Hall–Kier alpha value is -0.380. The predicted octanol–water partition coefficient (Wildman–Crippen LogP) is 2.06. The van der Waals surface area contributed by atoms with E-state index in [-0.39, 0.29) is 12.0 Å². The zero-order chi connectivity index (χ0) is 10.7. The largest absolute Gasteiger partial charge is 0.395 e. The molecule has 3 heteroatoms. The predicted molar refractivity (Wildman–Crippen MR) is 65.0 cm³/mol. The Morgan fingerprint density at radius 2 is 1.80 bits per heavy atom. The van der Waals surface area contributed by atoms with Crippen molar-refractivity contribution < 1.29 is 5.11 Å². The van der Waals surface area contributed by atoms with Crippen molar-refractivity contribution in [3.63, 3.8) is 0 Å². The zero-order valence-electron chi connectivity index (χ0n) is 8.67. The van der Waals surface area contributed by atoms with E-state index in [2.05, 4.69) is 45.5 Å². The quantitative estimate of drug-likeness (QED) is 0.862. The maximum Gasteiger partial charge on any atom is 0.0528 e. The fourth-order valence-electron chi connectivity index (χ4n) is 2.25. The second-order valence-corrected chi connectivity index (χ2v) is 5.11. The van der Waals surface area contributed by atoms with Crippen LogP contribution in [0, 0.1) is 0 Å². The van der Waals surface area contributed by atoms with E-state index < -0.39 is 0 Å². The van der Waals surface area contributed by atoms with Gasteiger partial charge in [-0.3, -0.25) is 0 Å². The van der Waals surface area contributed by atoms with E-state index in [1.165, 1.54) is 5.56 Å². The van der Waals surface area contributed by atoms with Gasteiger partial charge in [-0.15, -0.1) is 0 Å². The lowest BCUT2D eigenvalue weighted by Crippen LogP contribution is -2.42. The molecule has 0 saturated carbocycles. The Balaban J connectivity index is 2.28. The second-order valence-electron chi connectivity index (χ2n) is 4.20. The molecule has 0 unspecified atom stereocenters. The van der Waals surface area contributed by atoms with Crippen LogP contribution in [0.1, 0.15) is 18.4 Å². The highest BCUT2D eigenvalue weighted by atomic mass is 79.9. The summed E-state index contributed by atoms with van der Waals surface area (Å²) < 4.78 is 1.09. The van der Waals surface area contributed by atoms with Gasteiger partial charge in [0.15, 0.2) is 0 Å². The van der Waals surface area contributed by atoms with Crippen LogP contribution >= 0.6 is 15.9 Å². The molecular weight excluding hydrogens is 254 g/mol. The van der Waals surface area contributed by atoms with E-state index in [0.717, 1.165) is 30.4 Å². The lowest BCUT2D eigenvalue weighted by Gasteiger charge is -2.36.